The van der Waals surface area contributed by atoms with Gasteiger partial charge in [0.25, 0.3) is 0 Å². The largest absolute Gasteiger partial charge is 0.449 e. The third-order valence-electron chi connectivity index (χ3n) is 1.57. The van der Waals surface area contributed by atoms with E-state index in [4.69, 9.17) is 11.6 Å². The van der Waals surface area contributed by atoms with Crippen molar-refractivity contribution >= 4 is 17.6 Å². The quantitative estimate of drug-likeness (QED) is 0.471. The zero-order chi connectivity index (χ0) is 8.15. The van der Waals surface area contributed by atoms with Crippen LogP contribution >= 0.6 is 11.6 Å². The van der Waals surface area contributed by atoms with Gasteiger partial charge in [-0.2, -0.15) is 0 Å². The highest BCUT2D eigenvalue weighted by molar-refractivity contribution is 6.17. The predicted molar refractivity (Wildman–Crippen MR) is 40.8 cm³/mol. The van der Waals surface area contributed by atoms with Crippen molar-refractivity contribution in [2.24, 2.45) is 11.8 Å². The van der Waals surface area contributed by atoms with Gasteiger partial charge in [0, 0.05) is 0 Å². The van der Waals surface area contributed by atoms with Crippen molar-refractivity contribution in [2.45, 2.75) is 20.8 Å². The molecule has 0 aromatic rings. The number of carbonyl (C=O) groups is 1. The van der Waals surface area contributed by atoms with Gasteiger partial charge in [0.1, 0.15) is 0 Å². The second kappa shape index (κ2) is 4.56. The van der Waals surface area contributed by atoms with Crippen molar-refractivity contribution in [3.63, 3.8) is 0 Å². The van der Waals surface area contributed by atoms with E-state index in [1.807, 2.05) is 20.8 Å². The second-order valence-corrected chi connectivity index (χ2v) is 2.82. The maximum absolute atomic E-state index is 10.9. The summed E-state index contributed by atoms with van der Waals surface area (Å²) in [5, 5.41) is 0. The Morgan fingerprint density at radius 3 is 2.30 bits per heavy atom. The molecule has 0 aliphatic carbocycles. The molecule has 0 bridgehead atoms. The van der Waals surface area contributed by atoms with E-state index in [1.54, 1.807) is 0 Å². The van der Waals surface area contributed by atoms with Gasteiger partial charge in [0.2, 0.25) is 0 Å². The average molecular weight is 165 g/mol. The molecule has 0 saturated heterocycles. The van der Waals surface area contributed by atoms with Gasteiger partial charge < -0.3 is 4.74 Å². The summed E-state index contributed by atoms with van der Waals surface area (Å²) in [6, 6.07) is -0.0457. The normalized spacial score (nSPS) is 13.3. The average Bonchev–Trinajstić information content (AvgIpc) is 1.87. The first-order valence-electron chi connectivity index (χ1n) is 3.32. The van der Waals surface area contributed by atoms with Crippen molar-refractivity contribution in [1.82, 2.24) is 0 Å². The summed E-state index contributed by atoms with van der Waals surface area (Å²) in [6.45, 7) is 5.78. The van der Waals surface area contributed by atoms with Gasteiger partial charge in [0.05, 0.1) is 5.92 Å². The van der Waals surface area contributed by atoms with Gasteiger partial charge >= 0.3 is 5.97 Å². The van der Waals surface area contributed by atoms with Crippen LogP contribution in [-0.4, -0.2) is 12.0 Å². The summed E-state index contributed by atoms with van der Waals surface area (Å²) >= 11 is 5.20. The highest BCUT2D eigenvalue weighted by atomic mass is 35.5. The zero-order valence-corrected chi connectivity index (χ0v) is 7.31. The minimum atomic E-state index is -0.218. The van der Waals surface area contributed by atoms with Crippen LogP contribution in [0.15, 0.2) is 0 Å². The molecule has 1 atom stereocenters. The van der Waals surface area contributed by atoms with E-state index in [9.17, 15) is 4.79 Å². The van der Waals surface area contributed by atoms with Gasteiger partial charge in [-0.3, -0.25) is 4.79 Å². The topological polar surface area (TPSA) is 26.3 Å². The first kappa shape index (κ1) is 9.76. The predicted octanol–water partition coefficient (Wildman–Crippen LogP) is 2.02. The monoisotopic (exact) mass is 164 g/mol. The van der Waals surface area contributed by atoms with Crippen molar-refractivity contribution in [1.29, 1.82) is 0 Å². The van der Waals surface area contributed by atoms with Crippen LogP contribution in [0.3, 0.4) is 0 Å². The van der Waals surface area contributed by atoms with Crippen LogP contribution < -0.4 is 0 Å². The summed E-state index contributed by atoms with van der Waals surface area (Å²) in [4.78, 5) is 10.9. The minimum absolute atomic E-state index is 0.0457. The van der Waals surface area contributed by atoms with E-state index < -0.39 is 0 Å². The lowest BCUT2D eigenvalue weighted by Crippen LogP contribution is -2.18. The van der Waals surface area contributed by atoms with Crippen molar-refractivity contribution in [2.75, 3.05) is 6.07 Å². The first-order valence-corrected chi connectivity index (χ1v) is 3.85. The molecule has 0 fully saturated rings. The van der Waals surface area contributed by atoms with Crippen molar-refractivity contribution < 1.29 is 9.53 Å². The number of carbonyl (C=O) groups excluding carboxylic acids is 1. The van der Waals surface area contributed by atoms with Gasteiger partial charge in [-0.15, -0.1) is 0 Å². The smallest absolute Gasteiger partial charge is 0.310 e. The maximum Gasteiger partial charge on any atom is 0.310 e. The molecule has 0 saturated carbocycles. The van der Waals surface area contributed by atoms with E-state index >= 15 is 0 Å². The molecule has 0 aliphatic rings. The molecule has 0 aromatic carbocycles. The summed E-state index contributed by atoms with van der Waals surface area (Å²) in [6.07, 6.45) is 0. The van der Waals surface area contributed by atoms with Gasteiger partial charge in [-0.25, -0.2) is 0 Å². The van der Waals surface area contributed by atoms with E-state index in [2.05, 4.69) is 4.74 Å². The molecule has 0 N–H and O–H groups in total. The van der Waals surface area contributed by atoms with Crippen LogP contribution in [0.5, 0.6) is 0 Å². The highest BCUT2D eigenvalue weighted by Gasteiger charge is 2.17. The van der Waals surface area contributed by atoms with Crippen LogP contribution in [0.1, 0.15) is 20.8 Å². The first-order chi connectivity index (χ1) is 4.59. The lowest BCUT2D eigenvalue weighted by Gasteiger charge is -2.12. The third kappa shape index (κ3) is 3.06. The van der Waals surface area contributed by atoms with Crippen LogP contribution in [0.2, 0.25) is 0 Å². The van der Waals surface area contributed by atoms with Crippen molar-refractivity contribution in [3.05, 3.63) is 0 Å². The van der Waals surface area contributed by atoms with Gasteiger partial charge in [-0.05, 0) is 5.92 Å². The number of hydrogen-bond acceptors (Lipinski definition) is 2. The molecule has 0 rings (SSSR count). The lowest BCUT2D eigenvalue weighted by molar-refractivity contribution is -0.147. The Bertz CT molecular complexity index is 112. The molecule has 0 aromatic heterocycles. The fourth-order valence-corrected chi connectivity index (χ4v) is 0.565. The molecule has 60 valence electrons. The SMILES string of the molecule is CC(C)[C@H](C)C(=O)OCCl. The van der Waals surface area contributed by atoms with Gasteiger partial charge in [-0.1, -0.05) is 32.4 Å². The molecule has 0 radical (unpaired) electrons. The Morgan fingerprint density at radius 1 is 1.50 bits per heavy atom. The number of rotatable bonds is 3. The Morgan fingerprint density at radius 2 is 2.00 bits per heavy atom. The molecular weight excluding hydrogens is 152 g/mol. The van der Waals surface area contributed by atoms with Crippen LogP contribution in [0.25, 0.3) is 0 Å². The number of halogens is 1. The zero-order valence-electron chi connectivity index (χ0n) is 6.56. The molecule has 0 spiro atoms. The summed E-state index contributed by atoms with van der Waals surface area (Å²) < 4.78 is 4.59. The maximum atomic E-state index is 10.9. The number of alkyl halides is 1. The van der Waals surface area contributed by atoms with Crippen molar-refractivity contribution in [3.8, 4) is 0 Å². The van der Waals surface area contributed by atoms with Crippen LogP contribution in [-0.2, 0) is 9.53 Å². The number of esters is 1. The Labute approximate surface area is 66.5 Å². The minimum Gasteiger partial charge on any atom is -0.449 e. The highest BCUT2D eigenvalue weighted by Crippen LogP contribution is 2.11. The van der Waals surface area contributed by atoms with E-state index in [0.29, 0.717) is 5.92 Å². The standard InChI is InChI=1S/C7H13ClO2/c1-5(2)6(3)7(9)10-4-8/h5-6H,4H2,1-3H3/t6-/m0/s1. The molecule has 2 nitrogen and oxygen atoms in total. The Kier molecular flexibility index (Phi) is 4.45. The fourth-order valence-electron chi connectivity index (χ4n) is 0.457. The molecule has 0 unspecified atom stereocenters. The van der Waals surface area contributed by atoms with E-state index in [-0.39, 0.29) is 18.0 Å². The van der Waals surface area contributed by atoms with E-state index in [1.165, 1.54) is 0 Å². The number of ether oxygens (including phenoxy) is 1. The van der Waals surface area contributed by atoms with E-state index in [0.717, 1.165) is 0 Å². The summed E-state index contributed by atoms with van der Waals surface area (Å²) in [5.74, 6) is 0.0412. The Balaban J connectivity index is 3.71. The molecular formula is C7H13ClO2. The molecule has 0 heterocycles. The lowest BCUT2D eigenvalue weighted by atomic mass is 9.99. The Hall–Kier alpha value is -0.240. The summed E-state index contributed by atoms with van der Waals surface area (Å²) in [5.41, 5.74) is 0. The molecule has 0 aliphatic heterocycles. The summed E-state index contributed by atoms with van der Waals surface area (Å²) in [7, 11) is 0. The third-order valence-corrected chi connectivity index (χ3v) is 1.68. The van der Waals surface area contributed by atoms with Gasteiger partial charge in [0.15, 0.2) is 6.07 Å². The second-order valence-electron chi connectivity index (χ2n) is 2.61. The molecule has 3 heteroatoms. The van der Waals surface area contributed by atoms with Crippen LogP contribution in [0, 0.1) is 11.8 Å². The number of hydrogen-bond donors (Lipinski definition) is 0. The fraction of sp³-hybridized carbons (Fsp3) is 0.857. The molecule has 0 amide bonds. The van der Waals surface area contributed by atoms with Crippen LogP contribution in [0.4, 0.5) is 0 Å². The molecule has 10 heavy (non-hydrogen) atoms.